The minimum absolute atomic E-state index is 0. The molecule has 0 aromatic rings. The van der Waals surface area contributed by atoms with Crippen LogP contribution < -0.4 is 0 Å². The Morgan fingerprint density at radius 1 is 0.938 bits per heavy atom. The van der Waals surface area contributed by atoms with E-state index in [-0.39, 0.29) is 57.8 Å². The molecule has 0 unspecified atom stereocenters. The molecule has 5 heteroatoms. The fourth-order valence-electron chi connectivity index (χ4n) is 1.48. The summed E-state index contributed by atoms with van der Waals surface area (Å²) < 4.78 is 0. The minimum atomic E-state index is -1.23. The maximum absolute atomic E-state index is 10.5. The standard InChI is InChI=1S/C11H20O4.K.H/c1-2-3-4-5-6-7-8-9(10(12)13)11(14)15;;/h9H,2-8H2,1H3,(H,12,13)(H,14,15);;. The van der Waals surface area contributed by atoms with Crippen molar-refractivity contribution in [3.05, 3.63) is 0 Å². The van der Waals surface area contributed by atoms with Gasteiger partial charge in [0.25, 0.3) is 0 Å². The molecule has 0 saturated heterocycles. The van der Waals surface area contributed by atoms with Crippen molar-refractivity contribution in [1.82, 2.24) is 0 Å². The Labute approximate surface area is 139 Å². The Balaban J connectivity index is 0. The molecule has 0 aromatic carbocycles. The van der Waals surface area contributed by atoms with Crippen LogP contribution in [0.3, 0.4) is 0 Å². The van der Waals surface area contributed by atoms with Crippen LogP contribution in [0, 0.1) is 5.92 Å². The van der Waals surface area contributed by atoms with Gasteiger partial charge in [-0.2, -0.15) is 0 Å². The van der Waals surface area contributed by atoms with E-state index in [1.807, 2.05) is 0 Å². The topological polar surface area (TPSA) is 74.6 Å². The second-order valence-corrected chi connectivity index (χ2v) is 3.79. The summed E-state index contributed by atoms with van der Waals surface area (Å²) in [5.41, 5.74) is 0. The van der Waals surface area contributed by atoms with Crippen LogP contribution in [0.5, 0.6) is 0 Å². The van der Waals surface area contributed by atoms with Crippen LogP contribution in [0.2, 0.25) is 0 Å². The zero-order chi connectivity index (χ0) is 11.7. The molecule has 0 amide bonds. The van der Waals surface area contributed by atoms with Crippen LogP contribution in [-0.2, 0) is 9.59 Å². The van der Waals surface area contributed by atoms with Gasteiger partial charge in [0.15, 0.2) is 5.92 Å². The van der Waals surface area contributed by atoms with Crippen LogP contribution in [0.4, 0.5) is 0 Å². The van der Waals surface area contributed by atoms with Gasteiger partial charge in [0.2, 0.25) is 0 Å². The molecule has 4 nitrogen and oxygen atoms in total. The summed E-state index contributed by atoms with van der Waals surface area (Å²) >= 11 is 0. The van der Waals surface area contributed by atoms with Gasteiger partial charge < -0.3 is 10.2 Å². The number of hydrogen-bond donors (Lipinski definition) is 2. The van der Waals surface area contributed by atoms with Crippen molar-refractivity contribution in [2.45, 2.75) is 51.9 Å². The van der Waals surface area contributed by atoms with E-state index in [9.17, 15) is 9.59 Å². The van der Waals surface area contributed by atoms with Crippen LogP contribution in [0.15, 0.2) is 0 Å². The van der Waals surface area contributed by atoms with Gasteiger partial charge >= 0.3 is 63.3 Å². The summed E-state index contributed by atoms with van der Waals surface area (Å²) in [5.74, 6) is -3.68. The predicted octanol–water partition coefficient (Wildman–Crippen LogP) is 1.87. The molecule has 16 heavy (non-hydrogen) atoms. The number of aliphatic carboxylic acids is 2. The summed E-state index contributed by atoms with van der Waals surface area (Å²) in [5, 5.41) is 17.2. The first-order valence-corrected chi connectivity index (χ1v) is 5.55. The number of carboxylic acids is 2. The molecule has 0 fully saturated rings. The summed E-state index contributed by atoms with van der Waals surface area (Å²) in [6.45, 7) is 2.13. The van der Waals surface area contributed by atoms with Gasteiger partial charge in [-0.25, -0.2) is 0 Å². The molecule has 0 bridgehead atoms. The van der Waals surface area contributed by atoms with Gasteiger partial charge in [-0.15, -0.1) is 0 Å². The summed E-state index contributed by atoms with van der Waals surface area (Å²) in [7, 11) is 0. The van der Waals surface area contributed by atoms with E-state index in [0.29, 0.717) is 6.42 Å². The van der Waals surface area contributed by atoms with E-state index in [1.54, 1.807) is 0 Å². The Bertz CT molecular complexity index is 192. The van der Waals surface area contributed by atoms with Crippen molar-refractivity contribution in [1.29, 1.82) is 0 Å². The molecule has 0 rings (SSSR count). The molecular weight excluding hydrogens is 235 g/mol. The quantitative estimate of drug-likeness (QED) is 0.375. The van der Waals surface area contributed by atoms with Gasteiger partial charge in [0, 0.05) is 0 Å². The van der Waals surface area contributed by atoms with Crippen molar-refractivity contribution in [3.63, 3.8) is 0 Å². The Morgan fingerprint density at radius 2 is 1.38 bits per heavy atom. The summed E-state index contributed by atoms with van der Waals surface area (Å²) in [4.78, 5) is 21.1. The fraction of sp³-hybridized carbons (Fsp3) is 0.818. The third-order valence-corrected chi connectivity index (χ3v) is 2.44. The molecule has 0 radical (unpaired) electrons. The predicted molar refractivity (Wildman–Crippen MR) is 63.9 cm³/mol. The first kappa shape index (κ1) is 18.9. The molecule has 2 N–H and O–H groups in total. The van der Waals surface area contributed by atoms with Crippen LogP contribution >= 0.6 is 0 Å². The van der Waals surface area contributed by atoms with Crippen molar-refractivity contribution >= 4 is 63.3 Å². The molecule has 90 valence electrons. The molecule has 0 aromatic heterocycles. The maximum atomic E-state index is 10.5. The average molecular weight is 256 g/mol. The first-order chi connectivity index (χ1) is 7.09. The number of rotatable bonds is 9. The monoisotopic (exact) mass is 256 g/mol. The van der Waals surface area contributed by atoms with E-state index in [0.717, 1.165) is 19.3 Å². The van der Waals surface area contributed by atoms with Crippen molar-refractivity contribution in [2.24, 2.45) is 5.92 Å². The van der Waals surface area contributed by atoms with Gasteiger partial charge in [0.05, 0.1) is 0 Å². The van der Waals surface area contributed by atoms with Crippen LogP contribution in [0.25, 0.3) is 0 Å². The van der Waals surface area contributed by atoms with Gasteiger partial charge in [-0.3, -0.25) is 9.59 Å². The zero-order valence-electron chi connectivity index (χ0n) is 9.24. The van der Waals surface area contributed by atoms with Crippen LogP contribution in [0.1, 0.15) is 51.9 Å². The van der Waals surface area contributed by atoms with E-state index < -0.39 is 17.9 Å². The number of unbranched alkanes of at least 4 members (excludes halogenated alkanes) is 5. The zero-order valence-corrected chi connectivity index (χ0v) is 9.24. The third-order valence-electron chi connectivity index (χ3n) is 2.44. The Kier molecular flexibility index (Phi) is 14.2. The van der Waals surface area contributed by atoms with Gasteiger partial charge in [-0.05, 0) is 6.42 Å². The van der Waals surface area contributed by atoms with Crippen molar-refractivity contribution in [3.8, 4) is 0 Å². The Hall–Kier alpha value is 0.576. The molecule has 0 heterocycles. The molecule has 0 aliphatic rings. The van der Waals surface area contributed by atoms with Gasteiger partial charge in [0.1, 0.15) is 0 Å². The summed E-state index contributed by atoms with van der Waals surface area (Å²) in [6.07, 6.45) is 6.45. The molecule has 0 aliphatic heterocycles. The first-order valence-electron chi connectivity index (χ1n) is 5.55. The SMILES string of the molecule is CCCCCCCCC(C(=O)O)C(=O)O.[KH]. The average Bonchev–Trinajstić information content (AvgIpc) is 2.15. The van der Waals surface area contributed by atoms with E-state index in [4.69, 9.17) is 10.2 Å². The molecule has 0 saturated carbocycles. The van der Waals surface area contributed by atoms with Crippen LogP contribution in [-0.4, -0.2) is 73.5 Å². The molecular formula is C11H21KO4. The van der Waals surface area contributed by atoms with E-state index >= 15 is 0 Å². The van der Waals surface area contributed by atoms with Crippen molar-refractivity contribution < 1.29 is 19.8 Å². The number of carbonyl (C=O) groups is 2. The van der Waals surface area contributed by atoms with Crippen molar-refractivity contribution in [2.75, 3.05) is 0 Å². The van der Waals surface area contributed by atoms with E-state index in [2.05, 4.69) is 6.92 Å². The van der Waals surface area contributed by atoms with E-state index in [1.165, 1.54) is 12.8 Å². The Morgan fingerprint density at radius 3 is 1.81 bits per heavy atom. The normalized spacial score (nSPS) is 9.88. The molecule has 0 atom stereocenters. The molecule has 0 spiro atoms. The second-order valence-electron chi connectivity index (χ2n) is 3.79. The summed E-state index contributed by atoms with van der Waals surface area (Å²) in [6, 6.07) is 0. The van der Waals surface area contributed by atoms with Gasteiger partial charge in [-0.1, -0.05) is 45.4 Å². The molecule has 0 aliphatic carbocycles. The number of hydrogen-bond acceptors (Lipinski definition) is 2. The second kappa shape index (κ2) is 12.0. The number of carboxylic acid groups (broad SMARTS) is 2. The fourth-order valence-corrected chi connectivity index (χ4v) is 1.48. The third kappa shape index (κ3) is 9.78.